The average molecular weight is 237 g/mol. The van der Waals surface area contributed by atoms with Crippen LogP contribution >= 0.6 is 11.9 Å². The maximum absolute atomic E-state index is 11.1. The quantitative estimate of drug-likeness (QED) is 0.595. The van der Waals surface area contributed by atoms with Crippen LogP contribution < -0.4 is 0 Å². The summed E-state index contributed by atoms with van der Waals surface area (Å²) >= 11 is 1.73. The maximum atomic E-state index is 11.1. The van der Waals surface area contributed by atoms with Gasteiger partial charge in [-0.05, 0) is 31.0 Å². The standard InChI is InChI=1S/C12H15NO2S/c1-10(14)11-2-4-12(5-3-11)16-13-6-8-15-9-7-13/h2-5H,6-9H2,1H3. The molecule has 86 valence electrons. The second-order valence-electron chi connectivity index (χ2n) is 3.71. The van der Waals surface area contributed by atoms with E-state index in [1.807, 2.05) is 24.3 Å². The number of carbonyl (C=O) groups is 1. The average Bonchev–Trinajstić information content (AvgIpc) is 2.31. The monoisotopic (exact) mass is 237 g/mol. The molecule has 0 saturated carbocycles. The van der Waals surface area contributed by atoms with E-state index in [0.29, 0.717) is 0 Å². The molecule has 0 radical (unpaired) electrons. The van der Waals surface area contributed by atoms with Gasteiger partial charge in [-0.1, -0.05) is 12.1 Å². The van der Waals surface area contributed by atoms with E-state index < -0.39 is 0 Å². The molecule has 0 spiro atoms. The van der Waals surface area contributed by atoms with Crippen molar-refractivity contribution in [3.8, 4) is 0 Å². The maximum Gasteiger partial charge on any atom is 0.159 e. The van der Waals surface area contributed by atoms with Crippen LogP contribution in [0.4, 0.5) is 0 Å². The Morgan fingerprint density at radius 1 is 1.25 bits per heavy atom. The van der Waals surface area contributed by atoms with Crippen molar-refractivity contribution >= 4 is 17.7 Å². The second kappa shape index (κ2) is 5.48. The van der Waals surface area contributed by atoms with Crippen molar-refractivity contribution in [3.05, 3.63) is 29.8 Å². The third-order valence-electron chi connectivity index (χ3n) is 2.47. The van der Waals surface area contributed by atoms with Gasteiger partial charge in [0.25, 0.3) is 0 Å². The molecule has 3 nitrogen and oxygen atoms in total. The van der Waals surface area contributed by atoms with E-state index in [9.17, 15) is 4.79 Å². The summed E-state index contributed by atoms with van der Waals surface area (Å²) in [6.07, 6.45) is 0. The lowest BCUT2D eigenvalue weighted by Crippen LogP contribution is -2.30. The number of Topliss-reactive ketones (excluding diaryl/α,β-unsaturated/α-hetero) is 1. The summed E-state index contributed by atoms with van der Waals surface area (Å²) in [5, 5.41) is 0. The number of rotatable bonds is 3. The summed E-state index contributed by atoms with van der Waals surface area (Å²) < 4.78 is 7.57. The third kappa shape index (κ3) is 3.07. The van der Waals surface area contributed by atoms with Gasteiger partial charge in [-0.15, -0.1) is 0 Å². The van der Waals surface area contributed by atoms with Crippen LogP contribution in [-0.2, 0) is 4.74 Å². The second-order valence-corrected chi connectivity index (χ2v) is 4.88. The molecule has 0 bridgehead atoms. The van der Waals surface area contributed by atoms with Crippen molar-refractivity contribution in [1.29, 1.82) is 0 Å². The first kappa shape index (κ1) is 11.6. The zero-order chi connectivity index (χ0) is 11.4. The molecule has 1 heterocycles. The van der Waals surface area contributed by atoms with E-state index in [1.54, 1.807) is 18.9 Å². The van der Waals surface area contributed by atoms with Crippen LogP contribution in [0.3, 0.4) is 0 Å². The van der Waals surface area contributed by atoms with Gasteiger partial charge in [0, 0.05) is 23.5 Å². The van der Waals surface area contributed by atoms with Crippen LogP contribution in [-0.4, -0.2) is 36.4 Å². The molecule has 1 aromatic carbocycles. The summed E-state index contributed by atoms with van der Waals surface area (Å²) in [7, 11) is 0. The van der Waals surface area contributed by atoms with Crippen molar-refractivity contribution < 1.29 is 9.53 Å². The summed E-state index contributed by atoms with van der Waals surface area (Å²) in [5.74, 6) is 0.114. The fourth-order valence-electron chi connectivity index (χ4n) is 1.54. The highest BCUT2D eigenvalue weighted by atomic mass is 32.2. The fraction of sp³-hybridized carbons (Fsp3) is 0.417. The SMILES string of the molecule is CC(=O)c1ccc(SN2CCOCC2)cc1. The molecule has 4 heteroatoms. The molecule has 1 fully saturated rings. The lowest BCUT2D eigenvalue weighted by atomic mass is 10.2. The Hall–Kier alpha value is -0.840. The zero-order valence-corrected chi connectivity index (χ0v) is 10.1. The van der Waals surface area contributed by atoms with Gasteiger partial charge < -0.3 is 4.74 Å². The topological polar surface area (TPSA) is 29.5 Å². The number of morpholine rings is 1. The summed E-state index contributed by atoms with van der Waals surface area (Å²) in [5.41, 5.74) is 0.770. The number of ketones is 1. The minimum Gasteiger partial charge on any atom is -0.379 e. The molecule has 1 aliphatic heterocycles. The smallest absolute Gasteiger partial charge is 0.159 e. The molecule has 0 atom stereocenters. The normalized spacial score (nSPS) is 17.3. The van der Waals surface area contributed by atoms with E-state index in [1.165, 1.54) is 4.90 Å². The first-order chi connectivity index (χ1) is 7.75. The lowest BCUT2D eigenvalue weighted by Gasteiger charge is -2.25. The van der Waals surface area contributed by atoms with Gasteiger partial charge in [0.2, 0.25) is 0 Å². The Bertz CT molecular complexity index is 358. The van der Waals surface area contributed by atoms with Crippen LogP contribution in [0.25, 0.3) is 0 Å². The molecule has 0 aromatic heterocycles. The van der Waals surface area contributed by atoms with Gasteiger partial charge >= 0.3 is 0 Å². The summed E-state index contributed by atoms with van der Waals surface area (Å²) in [6, 6.07) is 7.75. The molecule has 16 heavy (non-hydrogen) atoms. The van der Waals surface area contributed by atoms with E-state index >= 15 is 0 Å². The number of hydrogen-bond acceptors (Lipinski definition) is 4. The molecular weight excluding hydrogens is 222 g/mol. The van der Waals surface area contributed by atoms with E-state index in [4.69, 9.17) is 4.74 Å². The van der Waals surface area contributed by atoms with Gasteiger partial charge in [-0.25, -0.2) is 4.31 Å². The van der Waals surface area contributed by atoms with Gasteiger partial charge in [-0.2, -0.15) is 0 Å². The number of hydrogen-bond donors (Lipinski definition) is 0. The Balaban J connectivity index is 1.96. The molecule has 1 aliphatic rings. The van der Waals surface area contributed by atoms with Crippen LogP contribution in [0.2, 0.25) is 0 Å². The van der Waals surface area contributed by atoms with Crippen LogP contribution in [0.5, 0.6) is 0 Å². The minimum atomic E-state index is 0.114. The molecule has 0 unspecified atom stereocenters. The largest absolute Gasteiger partial charge is 0.379 e. The van der Waals surface area contributed by atoms with Crippen LogP contribution in [0.15, 0.2) is 29.2 Å². The highest BCUT2D eigenvalue weighted by Crippen LogP contribution is 2.23. The molecular formula is C12H15NO2S. The van der Waals surface area contributed by atoms with Crippen molar-refractivity contribution in [3.63, 3.8) is 0 Å². The number of carbonyl (C=O) groups excluding carboxylic acids is 1. The predicted octanol–water partition coefficient (Wildman–Crippen LogP) is 2.23. The van der Waals surface area contributed by atoms with Crippen molar-refractivity contribution in [1.82, 2.24) is 4.31 Å². The van der Waals surface area contributed by atoms with E-state index in [-0.39, 0.29) is 5.78 Å². The van der Waals surface area contributed by atoms with Crippen molar-refractivity contribution in [2.75, 3.05) is 26.3 Å². The summed E-state index contributed by atoms with van der Waals surface area (Å²) in [6.45, 7) is 5.11. The molecule has 0 amide bonds. The Morgan fingerprint density at radius 2 is 1.88 bits per heavy atom. The number of benzene rings is 1. The lowest BCUT2D eigenvalue weighted by molar-refractivity contribution is 0.0773. The molecule has 0 N–H and O–H groups in total. The number of ether oxygens (including phenoxy) is 1. The Kier molecular flexibility index (Phi) is 3.98. The fourth-order valence-corrected chi connectivity index (χ4v) is 2.43. The first-order valence-electron chi connectivity index (χ1n) is 5.37. The van der Waals surface area contributed by atoms with Crippen molar-refractivity contribution in [2.24, 2.45) is 0 Å². The highest BCUT2D eigenvalue weighted by Gasteiger charge is 2.11. The number of nitrogens with zero attached hydrogens (tertiary/aromatic N) is 1. The highest BCUT2D eigenvalue weighted by molar-refractivity contribution is 7.97. The van der Waals surface area contributed by atoms with Gasteiger partial charge in [0.15, 0.2) is 5.78 Å². The first-order valence-corrected chi connectivity index (χ1v) is 6.15. The predicted molar refractivity (Wildman–Crippen MR) is 64.7 cm³/mol. The molecule has 2 rings (SSSR count). The van der Waals surface area contributed by atoms with Gasteiger partial charge in [0.1, 0.15) is 0 Å². The zero-order valence-electron chi connectivity index (χ0n) is 9.31. The molecule has 1 aromatic rings. The Morgan fingerprint density at radius 3 is 2.44 bits per heavy atom. The van der Waals surface area contributed by atoms with Gasteiger partial charge in [-0.3, -0.25) is 4.79 Å². The van der Waals surface area contributed by atoms with E-state index in [0.717, 1.165) is 31.9 Å². The Labute approximate surface area is 99.9 Å². The third-order valence-corrected chi connectivity index (χ3v) is 3.57. The molecule has 0 aliphatic carbocycles. The molecule has 1 saturated heterocycles. The van der Waals surface area contributed by atoms with Gasteiger partial charge in [0.05, 0.1) is 13.2 Å². The van der Waals surface area contributed by atoms with Crippen LogP contribution in [0, 0.1) is 0 Å². The van der Waals surface area contributed by atoms with Crippen molar-refractivity contribution in [2.45, 2.75) is 11.8 Å². The summed E-state index contributed by atoms with van der Waals surface area (Å²) in [4.78, 5) is 12.3. The van der Waals surface area contributed by atoms with Crippen LogP contribution in [0.1, 0.15) is 17.3 Å². The minimum absolute atomic E-state index is 0.114. The van der Waals surface area contributed by atoms with E-state index in [2.05, 4.69) is 4.31 Å².